The Labute approximate surface area is 157 Å². The van der Waals surface area contributed by atoms with Crippen molar-refractivity contribution < 1.29 is 14.3 Å². The fourth-order valence-corrected chi connectivity index (χ4v) is 3.08. The first kappa shape index (κ1) is 18.3. The van der Waals surface area contributed by atoms with Crippen LogP contribution in [0.5, 0.6) is 5.75 Å². The lowest BCUT2D eigenvalue weighted by Crippen LogP contribution is -2.32. The average molecular weight is 373 g/mol. The highest BCUT2D eigenvalue weighted by Gasteiger charge is 2.16. The van der Waals surface area contributed by atoms with E-state index in [2.05, 4.69) is 10.6 Å². The van der Waals surface area contributed by atoms with Crippen LogP contribution in [0.4, 0.5) is 5.69 Å². The van der Waals surface area contributed by atoms with Crippen molar-refractivity contribution in [3.63, 3.8) is 0 Å². The Morgan fingerprint density at radius 1 is 1.23 bits per heavy atom. The maximum absolute atomic E-state index is 12.2. The number of carbonyl (C=O) groups is 2. The van der Waals surface area contributed by atoms with Gasteiger partial charge in [-0.15, -0.1) is 0 Å². The van der Waals surface area contributed by atoms with E-state index in [9.17, 15) is 9.59 Å². The predicted octanol–water partition coefficient (Wildman–Crippen LogP) is 3.87. The molecule has 0 bridgehead atoms. The van der Waals surface area contributed by atoms with Crippen LogP contribution in [0.3, 0.4) is 0 Å². The molecule has 1 unspecified atom stereocenters. The molecule has 5 nitrogen and oxygen atoms in total. The predicted molar refractivity (Wildman–Crippen MR) is 102 cm³/mol. The summed E-state index contributed by atoms with van der Waals surface area (Å²) in [5, 5.41) is 6.47. The molecule has 0 saturated heterocycles. The van der Waals surface area contributed by atoms with Crippen LogP contribution < -0.4 is 15.4 Å². The number of amides is 2. The Balaban J connectivity index is 1.56. The number of anilines is 1. The summed E-state index contributed by atoms with van der Waals surface area (Å²) in [6.45, 7) is 1.95. The van der Waals surface area contributed by atoms with Crippen molar-refractivity contribution in [3.05, 3.63) is 58.6 Å². The van der Waals surface area contributed by atoms with Crippen molar-refractivity contribution in [3.8, 4) is 5.75 Å². The maximum Gasteiger partial charge on any atom is 0.258 e. The van der Waals surface area contributed by atoms with E-state index in [4.69, 9.17) is 16.3 Å². The van der Waals surface area contributed by atoms with Crippen molar-refractivity contribution >= 4 is 29.1 Å². The molecule has 0 radical (unpaired) electrons. The molecule has 2 aromatic carbocycles. The molecule has 136 valence electrons. The molecule has 0 aliphatic carbocycles. The fraction of sp³-hybridized carbons (Fsp3) is 0.300. The number of hydrogen-bond acceptors (Lipinski definition) is 3. The first-order valence-corrected chi connectivity index (χ1v) is 9.03. The van der Waals surface area contributed by atoms with Gasteiger partial charge in [0.2, 0.25) is 5.91 Å². The van der Waals surface area contributed by atoms with E-state index >= 15 is 0 Å². The zero-order valence-electron chi connectivity index (χ0n) is 14.5. The van der Waals surface area contributed by atoms with Gasteiger partial charge in [-0.05, 0) is 54.3 Å². The number of benzene rings is 2. The molecule has 1 aliphatic rings. The number of hydrogen-bond donors (Lipinski definition) is 2. The lowest BCUT2D eigenvalue weighted by Gasteiger charge is -2.19. The quantitative estimate of drug-likeness (QED) is 0.808. The molecular formula is C20H21ClN2O3. The number of halogens is 1. The molecule has 3 rings (SSSR count). The summed E-state index contributed by atoms with van der Waals surface area (Å²) in [4.78, 5) is 23.6. The van der Waals surface area contributed by atoms with Gasteiger partial charge in [0.25, 0.3) is 5.91 Å². The van der Waals surface area contributed by atoms with Gasteiger partial charge in [-0.25, -0.2) is 0 Å². The minimum Gasteiger partial charge on any atom is -0.484 e. The Bertz CT molecular complexity index is 805. The van der Waals surface area contributed by atoms with Gasteiger partial charge in [-0.2, -0.15) is 0 Å². The summed E-state index contributed by atoms with van der Waals surface area (Å²) in [5.41, 5.74) is 2.84. The minimum absolute atomic E-state index is 0.0263. The minimum atomic E-state index is -0.183. The summed E-state index contributed by atoms with van der Waals surface area (Å²) in [6.07, 6.45) is 1.92. The van der Waals surface area contributed by atoms with Gasteiger partial charge in [0.1, 0.15) is 5.75 Å². The normalized spacial score (nSPS) is 14.2. The number of fused-ring (bicyclic) bond motifs is 1. The molecule has 2 N–H and O–H groups in total. The van der Waals surface area contributed by atoms with Gasteiger partial charge in [0.15, 0.2) is 6.61 Å². The second kappa shape index (κ2) is 8.23. The smallest absolute Gasteiger partial charge is 0.258 e. The van der Waals surface area contributed by atoms with Crippen molar-refractivity contribution in [1.82, 2.24) is 5.32 Å². The molecular weight excluding hydrogens is 352 g/mol. The Hall–Kier alpha value is -2.53. The molecule has 0 fully saturated rings. The highest BCUT2D eigenvalue weighted by molar-refractivity contribution is 6.30. The molecule has 2 aromatic rings. The first-order chi connectivity index (χ1) is 12.5. The number of rotatable bonds is 6. The molecule has 2 amide bonds. The van der Waals surface area contributed by atoms with Gasteiger partial charge in [-0.1, -0.05) is 30.7 Å². The van der Waals surface area contributed by atoms with Crippen LogP contribution in [0.15, 0.2) is 42.5 Å². The van der Waals surface area contributed by atoms with Crippen LogP contribution >= 0.6 is 11.6 Å². The summed E-state index contributed by atoms with van der Waals surface area (Å²) in [6, 6.07) is 12.8. The number of carbonyl (C=O) groups excluding carboxylic acids is 2. The third-order valence-corrected chi connectivity index (χ3v) is 4.61. The molecule has 0 saturated carbocycles. The fourth-order valence-electron chi connectivity index (χ4n) is 2.95. The van der Waals surface area contributed by atoms with E-state index < -0.39 is 0 Å². The van der Waals surface area contributed by atoms with E-state index in [0.29, 0.717) is 23.6 Å². The highest BCUT2D eigenvalue weighted by Crippen LogP contribution is 2.26. The van der Waals surface area contributed by atoms with Gasteiger partial charge in [-0.3, -0.25) is 9.59 Å². The third kappa shape index (κ3) is 4.55. The molecule has 1 heterocycles. The van der Waals surface area contributed by atoms with Gasteiger partial charge >= 0.3 is 0 Å². The second-order valence-electron chi connectivity index (χ2n) is 6.24. The summed E-state index contributed by atoms with van der Waals surface area (Å²) >= 11 is 5.91. The van der Waals surface area contributed by atoms with Crippen LogP contribution in [-0.2, 0) is 16.0 Å². The standard InChI is InChI=1S/C20H21ClN2O3/c1-2-17(13-3-6-15(21)7-4-13)22-20(25)12-26-16-8-9-18-14(11-16)5-10-19(24)23-18/h3-4,6-9,11,17H,2,5,10,12H2,1H3,(H,22,25)(H,23,24). The SMILES string of the molecule is CCC(NC(=O)COc1ccc2c(c1)CCC(=O)N2)c1ccc(Cl)cc1. The number of nitrogens with one attached hydrogen (secondary N) is 2. The molecule has 0 aromatic heterocycles. The Kier molecular flexibility index (Phi) is 5.78. The molecule has 1 aliphatic heterocycles. The van der Waals surface area contributed by atoms with E-state index in [0.717, 1.165) is 23.2 Å². The lowest BCUT2D eigenvalue weighted by molar-refractivity contribution is -0.123. The largest absolute Gasteiger partial charge is 0.484 e. The van der Waals surface area contributed by atoms with Crippen molar-refractivity contribution in [2.45, 2.75) is 32.2 Å². The van der Waals surface area contributed by atoms with Crippen molar-refractivity contribution in [2.75, 3.05) is 11.9 Å². The van der Waals surface area contributed by atoms with Crippen molar-refractivity contribution in [2.24, 2.45) is 0 Å². The van der Waals surface area contributed by atoms with Crippen LogP contribution in [0, 0.1) is 0 Å². The summed E-state index contributed by atoms with van der Waals surface area (Å²) in [5.74, 6) is 0.464. The van der Waals surface area contributed by atoms with Crippen LogP contribution in [0.1, 0.15) is 36.9 Å². The Morgan fingerprint density at radius 3 is 2.73 bits per heavy atom. The summed E-state index contributed by atoms with van der Waals surface area (Å²) in [7, 11) is 0. The van der Waals surface area contributed by atoms with E-state index in [-0.39, 0.29) is 24.5 Å². The third-order valence-electron chi connectivity index (χ3n) is 4.36. The highest BCUT2D eigenvalue weighted by atomic mass is 35.5. The van der Waals surface area contributed by atoms with E-state index in [1.54, 1.807) is 6.07 Å². The maximum atomic E-state index is 12.2. The monoisotopic (exact) mass is 372 g/mol. The van der Waals surface area contributed by atoms with E-state index in [1.807, 2.05) is 43.3 Å². The number of ether oxygens (including phenoxy) is 1. The first-order valence-electron chi connectivity index (χ1n) is 8.65. The molecule has 1 atom stereocenters. The molecule has 6 heteroatoms. The summed E-state index contributed by atoms with van der Waals surface area (Å²) < 4.78 is 5.62. The topological polar surface area (TPSA) is 67.4 Å². The average Bonchev–Trinajstić information content (AvgIpc) is 2.65. The van der Waals surface area contributed by atoms with Crippen LogP contribution in [0.2, 0.25) is 5.02 Å². The molecule has 26 heavy (non-hydrogen) atoms. The number of aryl methyl sites for hydroxylation is 1. The van der Waals surface area contributed by atoms with Gasteiger partial charge in [0, 0.05) is 17.1 Å². The van der Waals surface area contributed by atoms with E-state index in [1.165, 1.54) is 0 Å². The van der Waals surface area contributed by atoms with Gasteiger partial charge in [0.05, 0.1) is 6.04 Å². The molecule has 0 spiro atoms. The second-order valence-corrected chi connectivity index (χ2v) is 6.67. The van der Waals surface area contributed by atoms with Crippen molar-refractivity contribution in [1.29, 1.82) is 0 Å². The lowest BCUT2D eigenvalue weighted by atomic mass is 10.0. The Morgan fingerprint density at radius 2 is 2.00 bits per heavy atom. The van der Waals surface area contributed by atoms with Gasteiger partial charge < -0.3 is 15.4 Å². The zero-order valence-corrected chi connectivity index (χ0v) is 15.3. The van der Waals surface area contributed by atoms with Crippen LogP contribution in [0.25, 0.3) is 0 Å². The van der Waals surface area contributed by atoms with Crippen LogP contribution in [-0.4, -0.2) is 18.4 Å². The zero-order chi connectivity index (χ0) is 18.5.